The Morgan fingerprint density at radius 1 is 1.15 bits per heavy atom. The molecule has 0 radical (unpaired) electrons. The van der Waals surface area contributed by atoms with Crippen LogP contribution in [0.25, 0.3) is 0 Å². The molecule has 1 rings (SSSR count). The van der Waals surface area contributed by atoms with E-state index in [2.05, 4.69) is 15.4 Å². The van der Waals surface area contributed by atoms with Gasteiger partial charge in [0, 0.05) is 7.05 Å². The van der Waals surface area contributed by atoms with Gasteiger partial charge >= 0.3 is 12.0 Å². The average Bonchev–Trinajstić information content (AvgIpc) is 2.47. The third-order valence-electron chi connectivity index (χ3n) is 2.35. The highest BCUT2D eigenvalue weighted by atomic mass is 16.5. The van der Waals surface area contributed by atoms with Gasteiger partial charge in [0.25, 0.3) is 0 Å². The molecular weight excluding hydrogens is 264 g/mol. The molecule has 0 saturated carbocycles. The quantitative estimate of drug-likeness (QED) is 0.774. The van der Waals surface area contributed by atoms with Gasteiger partial charge < -0.3 is 14.8 Å². The molecule has 0 saturated heterocycles. The van der Waals surface area contributed by atoms with Crippen LogP contribution in [0, 0.1) is 0 Å². The van der Waals surface area contributed by atoms with Gasteiger partial charge in [0.05, 0.1) is 25.7 Å². The SMILES string of the molecule is CNC(=O)NC(=O)CCOc1ccc(C(=O)OC)cc1. The predicted molar refractivity (Wildman–Crippen MR) is 70.5 cm³/mol. The van der Waals surface area contributed by atoms with Crippen LogP contribution in [0.15, 0.2) is 24.3 Å². The number of carbonyl (C=O) groups excluding carboxylic acids is 3. The second-order valence-corrected chi connectivity index (χ2v) is 3.74. The monoisotopic (exact) mass is 280 g/mol. The van der Waals surface area contributed by atoms with E-state index in [1.807, 2.05) is 0 Å². The second kappa shape index (κ2) is 7.78. The molecule has 0 spiro atoms. The zero-order chi connectivity index (χ0) is 15.0. The fraction of sp³-hybridized carbons (Fsp3) is 0.308. The second-order valence-electron chi connectivity index (χ2n) is 3.74. The number of esters is 1. The molecule has 0 aliphatic carbocycles. The van der Waals surface area contributed by atoms with Crippen LogP contribution >= 0.6 is 0 Å². The van der Waals surface area contributed by atoms with Gasteiger partial charge in [0.2, 0.25) is 5.91 Å². The third-order valence-corrected chi connectivity index (χ3v) is 2.35. The maximum Gasteiger partial charge on any atom is 0.337 e. The first kappa shape index (κ1) is 15.5. The number of hydrogen-bond donors (Lipinski definition) is 2. The van der Waals surface area contributed by atoms with E-state index >= 15 is 0 Å². The summed E-state index contributed by atoms with van der Waals surface area (Å²) in [7, 11) is 2.72. The van der Waals surface area contributed by atoms with Crippen molar-refractivity contribution in [3.8, 4) is 5.75 Å². The topological polar surface area (TPSA) is 93.7 Å². The van der Waals surface area contributed by atoms with Crippen molar-refractivity contribution >= 4 is 17.9 Å². The van der Waals surface area contributed by atoms with Gasteiger partial charge in [-0.2, -0.15) is 0 Å². The van der Waals surface area contributed by atoms with Crippen LogP contribution in [0.3, 0.4) is 0 Å². The number of nitrogens with one attached hydrogen (secondary N) is 2. The van der Waals surface area contributed by atoms with Crippen LogP contribution in [0.4, 0.5) is 4.79 Å². The van der Waals surface area contributed by atoms with Gasteiger partial charge in [-0.05, 0) is 24.3 Å². The summed E-state index contributed by atoms with van der Waals surface area (Å²) in [5, 5.41) is 4.39. The van der Waals surface area contributed by atoms with Gasteiger partial charge in [-0.25, -0.2) is 9.59 Å². The lowest BCUT2D eigenvalue weighted by molar-refractivity contribution is -0.120. The molecular formula is C13H16N2O5. The zero-order valence-electron chi connectivity index (χ0n) is 11.3. The third kappa shape index (κ3) is 4.97. The van der Waals surface area contributed by atoms with E-state index in [4.69, 9.17) is 4.74 Å². The zero-order valence-corrected chi connectivity index (χ0v) is 11.3. The molecule has 0 bridgehead atoms. The van der Waals surface area contributed by atoms with Crippen LogP contribution in [0.2, 0.25) is 0 Å². The molecule has 0 aliphatic heterocycles. The molecule has 0 aromatic heterocycles. The van der Waals surface area contributed by atoms with E-state index in [0.29, 0.717) is 11.3 Å². The van der Waals surface area contributed by atoms with Crippen LogP contribution in [-0.4, -0.2) is 38.7 Å². The largest absolute Gasteiger partial charge is 0.493 e. The molecule has 0 aliphatic rings. The van der Waals surface area contributed by atoms with Crippen LogP contribution < -0.4 is 15.4 Å². The van der Waals surface area contributed by atoms with E-state index in [-0.39, 0.29) is 13.0 Å². The molecule has 2 N–H and O–H groups in total. The Bertz CT molecular complexity index is 484. The molecule has 0 atom stereocenters. The molecule has 0 fully saturated rings. The summed E-state index contributed by atoms with van der Waals surface area (Å²) in [5.41, 5.74) is 0.414. The molecule has 0 heterocycles. The number of urea groups is 1. The summed E-state index contributed by atoms with van der Waals surface area (Å²) in [6, 6.07) is 5.76. The van der Waals surface area contributed by atoms with Crippen LogP contribution in [0.5, 0.6) is 5.75 Å². The van der Waals surface area contributed by atoms with Gasteiger partial charge in [0.1, 0.15) is 5.75 Å². The molecule has 1 aromatic rings. The van der Waals surface area contributed by atoms with Crippen molar-refractivity contribution in [1.82, 2.24) is 10.6 Å². The van der Waals surface area contributed by atoms with Crippen LogP contribution in [0.1, 0.15) is 16.8 Å². The first-order valence-electron chi connectivity index (χ1n) is 5.89. The summed E-state index contributed by atoms with van der Waals surface area (Å²) in [5.74, 6) is -0.345. The lowest BCUT2D eigenvalue weighted by atomic mass is 10.2. The number of hydrogen-bond acceptors (Lipinski definition) is 5. The Hall–Kier alpha value is -2.57. The Morgan fingerprint density at radius 3 is 2.35 bits per heavy atom. The summed E-state index contributed by atoms with van der Waals surface area (Å²) >= 11 is 0. The normalized spacial score (nSPS) is 9.50. The van der Waals surface area contributed by atoms with E-state index in [9.17, 15) is 14.4 Å². The number of ether oxygens (including phenoxy) is 2. The highest BCUT2D eigenvalue weighted by Gasteiger charge is 2.07. The van der Waals surface area contributed by atoms with Crippen molar-refractivity contribution in [3.63, 3.8) is 0 Å². The fourth-order valence-electron chi connectivity index (χ4n) is 1.32. The summed E-state index contributed by atoms with van der Waals surface area (Å²) in [6.45, 7) is 0.125. The molecule has 7 heteroatoms. The van der Waals surface area contributed by atoms with E-state index < -0.39 is 17.9 Å². The predicted octanol–water partition coefficient (Wildman–Crippen LogP) is 0.698. The number of amides is 3. The minimum Gasteiger partial charge on any atom is -0.493 e. The van der Waals surface area contributed by atoms with E-state index in [1.54, 1.807) is 24.3 Å². The Morgan fingerprint density at radius 2 is 1.80 bits per heavy atom. The lowest BCUT2D eigenvalue weighted by Crippen LogP contribution is -2.37. The highest BCUT2D eigenvalue weighted by molar-refractivity contribution is 5.94. The molecule has 0 unspecified atom stereocenters. The first-order valence-corrected chi connectivity index (χ1v) is 5.89. The highest BCUT2D eigenvalue weighted by Crippen LogP contribution is 2.12. The van der Waals surface area contributed by atoms with Gasteiger partial charge in [0.15, 0.2) is 0 Å². The Balaban J connectivity index is 2.37. The molecule has 1 aromatic carbocycles. The maximum absolute atomic E-state index is 11.3. The van der Waals surface area contributed by atoms with E-state index in [0.717, 1.165) is 0 Å². The van der Waals surface area contributed by atoms with Crippen molar-refractivity contribution in [3.05, 3.63) is 29.8 Å². The Labute approximate surface area is 116 Å². The maximum atomic E-state index is 11.3. The summed E-state index contributed by atoms with van der Waals surface area (Å²) in [4.78, 5) is 33.3. The molecule has 108 valence electrons. The number of imide groups is 1. The van der Waals surface area contributed by atoms with Gasteiger partial charge in [-0.15, -0.1) is 0 Å². The number of carbonyl (C=O) groups is 3. The fourth-order valence-corrected chi connectivity index (χ4v) is 1.32. The molecule has 7 nitrogen and oxygen atoms in total. The number of rotatable bonds is 5. The first-order chi connectivity index (χ1) is 9.56. The minimum absolute atomic E-state index is 0.0478. The summed E-state index contributed by atoms with van der Waals surface area (Å²) < 4.78 is 9.88. The van der Waals surface area contributed by atoms with Crippen molar-refractivity contribution in [2.45, 2.75) is 6.42 Å². The molecule has 3 amide bonds. The number of methoxy groups -OCH3 is 1. The van der Waals surface area contributed by atoms with Crippen molar-refractivity contribution in [2.24, 2.45) is 0 Å². The van der Waals surface area contributed by atoms with Gasteiger partial charge in [-0.3, -0.25) is 10.1 Å². The Kier molecular flexibility index (Phi) is 6.02. The standard InChI is InChI=1S/C13H16N2O5/c1-14-13(18)15-11(16)7-8-20-10-5-3-9(4-6-10)12(17)19-2/h3-6H,7-8H2,1-2H3,(H2,14,15,16,18). The average molecular weight is 280 g/mol. The minimum atomic E-state index is -0.558. The van der Waals surface area contributed by atoms with E-state index in [1.165, 1.54) is 14.2 Å². The van der Waals surface area contributed by atoms with Crippen molar-refractivity contribution in [2.75, 3.05) is 20.8 Å². The molecule has 20 heavy (non-hydrogen) atoms. The lowest BCUT2D eigenvalue weighted by Gasteiger charge is -2.07. The summed E-state index contributed by atoms with van der Waals surface area (Å²) in [6.07, 6.45) is 0.0478. The van der Waals surface area contributed by atoms with Crippen LogP contribution in [-0.2, 0) is 9.53 Å². The number of benzene rings is 1. The van der Waals surface area contributed by atoms with Crippen molar-refractivity contribution in [1.29, 1.82) is 0 Å². The van der Waals surface area contributed by atoms with Gasteiger partial charge in [-0.1, -0.05) is 0 Å². The van der Waals surface area contributed by atoms with Crippen molar-refractivity contribution < 1.29 is 23.9 Å². The smallest absolute Gasteiger partial charge is 0.337 e.